The number of hydrogen-bond donors (Lipinski definition) is 1. The van der Waals surface area contributed by atoms with Gasteiger partial charge in [0.1, 0.15) is 5.75 Å². The lowest BCUT2D eigenvalue weighted by Crippen LogP contribution is -2.25. The van der Waals surface area contributed by atoms with E-state index >= 15 is 0 Å². The van der Waals surface area contributed by atoms with E-state index in [1.165, 1.54) is 42.7 Å². The lowest BCUT2D eigenvalue weighted by atomic mass is 9.96. The third kappa shape index (κ3) is 4.76. The van der Waals surface area contributed by atoms with Crippen molar-refractivity contribution >= 4 is 34.8 Å². The SMILES string of the molecule is O=C1COc2ccc(-c3csc(=NC4CCCCC4)n3N=Cc3cccc([N+](=O)[O-])c3)cc2N1. The van der Waals surface area contributed by atoms with Gasteiger partial charge in [0.2, 0.25) is 4.80 Å². The van der Waals surface area contributed by atoms with Crippen LogP contribution in [-0.4, -0.2) is 34.4 Å². The number of hydrogen-bond acceptors (Lipinski definition) is 7. The van der Waals surface area contributed by atoms with Crippen LogP contribution in [-0.2, 0) is 4.79 Å². The molecule has 9 nitrogen and oxygen atoms in total. The summed E-state index contributed by atoms with van der Waals surface area (Å²) in [6.07, 6.45) is 7.32. The lowest BCUT2D eigenvalue weighted by Gasteiger charge is -2.18. The van der Waals surface area contributed by atoms with Crippen LogP contribution in [0, 0.1) is 10.1 Å². The smallest absolute Gasteiger partial charge is 0.270 e. The Morgan fingerprint density at radius 3 is 2.85 bits per heavy atom. The number of thiazole rings is 1. The van der Waals surface area contributed by atoms with Gasteiger partial charge in [-0.3, -0.25) is 19.9 Å². The molecule has 0 spiro atoms. The summed E-state index contributed by atoms with van der Waals surface area (Å²) < 4.78 is 7.25. The maximum absolute atomic E-state index is 11.8. The number of nitrogens with zero attached hydrogens (tertiary/aromatic N) is 4. The molecule has 1 aromatic heterocycles. The summed E-state index contributed by atoms with van der Waals surface area (Å²) in [5.41, 5.74) is 2.90. The van der Waals surface area contributed by atoms with Crippen molar-refractivity contribution in [3.63, 3.8) is 0 Å². The zero-order chi connectivity index (χ0) is 23.5. The van der Waals surface area contributed by atoms with Crippen molar-refractivity contribution in [2.24, 2.45) is 10.1 Å². The molecule has 2 aliphatic rings. The van der Waals surface area contributed by atoms with Gasteiger partial charge in [0.15, 0.2) is 6.61 Å². The molecule has 0 radical (unpaired) electrons. The third-order valence-corrected chi connectivity index (χ3v) is 6.69. The fourth-order valence-corrected chi connectivity index (χ4v) is 5.06. The maximum atomic E-state index is 11.8. The van der Waals surface area contributed by atoms with Crippen molar-refractivity contribution < 1.29 is 14.5 Å². The van der Waals surface area contributed by atoms with Gasteiger partial charge in [0.05, 0.1) is 28.6 Å². The van der Waals surface area contributed by atoms with E-state index in [9.17, 15) is 14.9 Å². The van der Waals surface area contributed by atoms with Crippen molar-refractivity contribution in [2.45, 2.75) is 38.1 Å². The zero-order valence-corrected chi connectivity index (χ0v) is 19.2. The molecule has 34 heavy (non-hydrogen) atoms. The van der Waals surface area contributed by atoms with E-state index in [-0.39, 0.29) is 24.2 Å². The lowest BCUT2D eigenvalue weighted by molar-refractivity contribution is -0.384. The highest BCUT2D eigenvalue weighted by molar-refractivity contribution is 7.07. The van der Waals surface area contributed by atoms with Crippen molar-refractivity contribution in [1.82, 2.24) is 4.68 Å². The second-order valence-corrected chi connectivity index (χ2v) is 9.12. The number of nitro groups is 1. The quantitative estimate of drug-likeness (QED) is 0.330. The average molecular weight is 478 g/mol. The molecule has 1 aliphatic heterocycles. The molecular weight excluding hydrogens is 454 g/mol. The second kappa shape index (κ2) is 9.60. The molecule has 2 aromatic carbocycles. The van der Waals surface area contributed by atoms with Gasteiger partial charge in [-0.05, 0) is 31.0 Å². The van der Waals surface area contributed by atoms with Gasteiger partial charge in [-0.1, -0.05) is 31.4 Å². The summed E-state index contributed by atoms with van der Waals surface area (Å²) in [6.45, 7) is 0.00270. The molecule has 0 unspecified atom stereocenters. The Kier molecular flexibility index (Phi) is 6.22. The molecule has 1 amide bonds. The molecule has 1 fully saturated rings. The summed E-state index contributed by atoms with van der Waals surface area (Å²) in [5, 5.41) is 20.6. The first-order valence-electron chi connectivity index (χ1n) is 11.2. The molecule has 0 bridgehead atoms. The number of carbonyl (C=O) groups is 1. The highest BCUT2D eigenvalue weighted by Crippen LogP contribution is 2.33. The summed E-state index contributed by atoms with van der Waals surface area (Å²) in [6, 6.07) is 12.2. The Morgan fingerprint density at radius 2 is 2.03 bits per heavy atom. The van der Waals surface area contributed by atoms with Gasteiger partial charge in [-0.2, -0.15) is 5.10 Å². The van der Waals surface area contributed by atoms with Crippen molar-refractivity contribution in [1.29, 1.82) is 0 Å². The minimum absolute atomic E-state index is 0.00270. The van der Waals surface area contributed by atoms with Crippen LogP contribution in [0.5, 0.6) is 5.75 Å². The first-order chi connectivity index (χ1) is 16.6. The molecule has 5 rings (SSSR count). The molecule has 174 valence electrons. The minimum atomic E-state index is -0.423. The van der Waals surface area contributed by atoms with Crippen molar-refractivity contribution in [3.05, 3.63) is 68.3 Å². The van der Waals surface area contributed by atoms with Crippen LogP contribution in [0.4, 0.5) is 11.4 Å². The summed E-state index contributed by atoms with van der Waals surface area (Å²) in [4.78, 5) is 28.2. The predicted molar refractivity (Wildman–Crippen MR) is 130 cm³/mol. The fraction of sp³-hybridized carbons (Fsp3) is 0.292. The van der Waals surface area contributed by atoms with Gasteiger partial charge < -0.3 is 10.1 Å². The monoisotopic (exact) mass is 477 g/mol. The Hall–Kier alpha value is -3.79. The number of rotatable bonds is 5. The van der Waals surface area contributed by atoms with E-state index in [4.69, 9.17) is 9.73 Å². The molecule has 0 saturated heterocycles. The first-order valence-corrected chi connectivity index (χ1v) is 12.0. The number of fused-ring (bicyclic) bond motifs is 1. The van der Waals surface area contributed by atoms with E-state index in [0.717, 1.165) is 28.9 Å². The molecule has 1 saturated carbocycles. The number of benzene rings is 2. The number of nitro benzene ring substituents is 1. The summed E-state index contributed by atoms with van der Waals surface area (Å²) in [5.74, 6) is 0.428. The van der Waals surface area contributed by atoms with Crippen LogP contribution >= 0.6 is 11.3 Å². The van der Waals surface area contributed by atoms with Crippen molar-refractivity contribution in [2.75, 3.05) is 11.9 Å². The van der Waals surface area contributed by atoms with Crippen LogP contribution in [0.3, 0.4) is 0 Å². The number of aromatic nitrogens is 1. The second-order valence-electron chi connectivity index (χ2n) is 8.28. The van der Waals surface area contributed by atoms with Gasteiger partial charge in [-0.15, -0.1) is 11.3 Å². The number of non-ortho nitro benzene ring substituents is 1. The molecular formula is C24H23N5O4S. The van der Waals surface area contributed by atoms with Gasteiger partial charge in [0.25, 0.3) is 11.6 Å². The Morgan fingerprint density at radius 1 is 1.18 bits per heavy atom. The van der Waals surface area contributed by atoms with Crippen LogP contribution < -0.4 is 14.9 Å². The van der Waals surface area contributed by atoms with Crippen molar-refractivity contribution in [3.8, 4) is 17.0 Å². The molecule has 2 heterocycles. The van der Waals surface area contributed by atoms with E-state index in [2.05, 4.69) is 10.4 Å². The van der Waals surface area contributed by atoms with E-state index in [1.54, 1.807) is 23.0 Å². The number of ether oxygens (including phenoxy) is 1. The molecule has 1 aliphatic carbocycles. The number of amides is 1. The van der Waals surface area contributed by atoms with Crippen LogP contribution in [0.15, 0.2) is 57.9 Å². The highest BCUT2D eigenvalue weighted by Gasteiger charge is 2.18. The standard InChI is InChI=1S/C24H23N5O4S/c30-23-14-33-22-10-9-17(12-20(22)27-23)21-15-34-24(26-18-6-2-1-3-7-18)28(21)25-13-16-5-4-8-19(11-16)29(31)32/h4-5,8-13,15,18H,1-3,6-7,14H2,(H,27,30). The van der Waals surface area contributed by atoms with Crippen LogP contribution in [0.25, 0.3) is 11.3 Å². The van der Waals surface area contributed by atoms with Crippen LogP contribution in [0.2, 0.25) is 0 Å². The van der Waals surface area contributed by atoms with Crippen LogP contribution in [0.1, 0.15) is 37.7 Å². The molecule has 3 aromatic rings. The Balaban J connectivity index is 1.57. The number of nitrogens with one attached hydrogen (secondary N) is 1. The normalized spacial score (nSPS) is 16.8. The maximum Gasteiger partial charge on any atom is 0.270 e. The number of carbonyl (C=O) groups excluding carboxylic acids is 1. The third-order valence-electron chi connectivity index (χ3n) is 5.86. The first kappa shape index (κ1) is 22.0. The van der Waals surface area contributed by atoms with Gasteiger partial charge in [-0.25, -0.2) is 4.68 Å². The average Bonchev–Trinajstić information content (AvgIpc) is 3.25. The zero-order valence-electron chi connectivity index (χ0n) is 18.3. The minimum Gasteiger partial charge on any atom is -0.482 e. The molecule has 10 heteroatoms. The fourth-order valence-electron chi connectivity index (χ4n) is 4.15. The summed E-state index contributed by atoms with van der Waals surface area (Å²) in [7, 11) is 0. The number of anilines is 1. The molecule has 1 N–H and O–H groups in total. The van der Waals surface area contributed by atoms with Gasteiger partial charge >= 0.3 is 0 Å². The van der Waals surface area contributed by atoms with Gasteiger partial charge in [0, 0.05) is 28.6 Å². The Bertz CT molecular complexity index is 1340. The Labute approximate surface area is 199 Å². The largest absolute Gasteiger partial charge is 0.482 e. The predicted octanol–water partition coefficient (Wildman–Crippen LogP) is 4.57. The van der Waals surface area contributed by atoms with E-state index in [1.807, 2.05) is 23.6 Å². The van der Waals surface area contributed by atoms with E-state index < -0.39 is 4.92 Å². The summed E-state index contributed by atoms with van der Waals surface area (Å²) >= 11 is 1.50. The molecule has 0 atom stereocenters. The van der Waals surface area contributed by atoms with E-state index in [0.29, 0.717) is 17.0 Å². The highest BCUT2D eigenvalue weighted by atomic mass is 32.1. The topological polar surface area (TPSA) is 111 Å².